The smallest absolute Gasteiger partial charge is 0.120 e. The van der Waals surface area contributed by atoms with Crippen molar-refractivity contribution < 1.29 is 15.0 Å². The normalized spacial score (nSPS) is 53.1. The lowest BCUT2D eigenvalue weighted by atomic mass is 9.43. The summed E-state index contributed by atoms with van der Waals surface area (Å²) in [5, 5.41) is 22.7. The van der Waals surface area contributed by atoms with Crippen LogP contribution < -0.4 is 0 Å². The van der Waals surface area contributed by atoms with E-state index in [9.17, 15) is 15.0 Å². The molecule has 4 fully saturated rings. The van der Waals surface area contributed by atoms with Gasteiger partial charge in [-0.3, -0.25) is 0 Å². The molecule has 0 radical (unpaired) electrons. The third-order valence-electron chi connectivity index (χ3n) is 10.2. The monoisotopic (exact) mass is 376 g/mol. The van der Waals surface area contributed by atoms with Crippen molar-refractivity contribution >= 4 is 6.29 Å². The molecule has 3 nitrogen and oxygen atoms in total. The van der Waals surface area contributed by atoms with Gasteiger partial charge in [0.1, 0.15) is 6.29 Å². The molecule has 0 aromatic rings. The van der Waals surface area contributed by atoms with Gasteiger partial charge in [-0.25, -0.2) is 0 Å². The van der Waals surface area contributed by atoms with Crippen molar-refractivity contribution in [2.75, 3.05) is 0 Å². The molecular formula is C24H40O3. The number of rotatable bonds is 4. The highest BCUT2D eigenvalue weighted by Crippen LogP contribution is 2.68. The van der Waals surface area contributed by atoms with Crippen LogP contribution in [0.2, 0.25) is 0 Å². The molecular weight excluding hydrogens is 336 g/mol. The second-order valence-corrected chi connectivity index (χ2v) is 11.1. The molecule has 0 heterocycles. The molecule has 0 amide bonds. The Labute approximate surface area is 165 Å². The number of aldehydes is 1. The van der Waals surface area contributed by atoms with Gasteiger partial charge in [0.05, 0.1) is 12.2 Å². The second-order valence-electron chi connectivity index (χ2n) is 11.1. The first kappa shape index (κ1) is 19.9. The van der Waals surface area contributed by atoms with E-state index in [0.29, 0.717) is 47.3 Å². The summed E-state index contributed by atoms with van der Waals surface area (Å²) in [6, 6.07) is 0. The van der Waals surface area contributed by atoms with Crippen LogP contribution in [0.4, 0.5) is 0 Å². The Morgan fingerprint density at radius 1 is 1.07 bits per heavy atom. The molecule has 0 aromatic heterocycles. The SMILES string of the molecule is C[C@H](CCC=O)[C@H]1CCC2C3C(C[C@H](O)[C@@]21C)[C@@]1(C)CCCC[C@H]1C[C@H]3O. The van der Waals surface area contributed by atoms with Crippen LogP contribution in [-0.2, 0) is 4.79 Å². The van der Waals surface area contributed by atoms with Crippen LogP contribution in [-0.4, -0.2) is 28.7 Å². The van der Waals surface area contributed by atoms with Gasteiger partial charge in [-0.15, -0.1) is 0 Å². The number of carbonyl (C=O) groups is 1. The van der Waals surface area contributed by atoms with Crippen molar-refractivity contribution in [1.82, 2.24) is 0 Å². The predicted molar refractivity (Wildman–Crippen MR) is 107 cm³/mol. The quantitative estimate of drug-likeness (QED) is 0.706. The van der Waals surface area contributed by atoms with E-state index in [1.807, 2.05) is 0 Å². The van der Waals surface area contributed by atoms with Gasteiger partial charge in [0, 0.05) is 6.42 Å². The van der Waals surface area contributed by atoms with E-state index in [2.05, 4.69) is 20.8 Å². The molecule has 4 rings (SSSR count). The van der Waals surface area contributed by atoms with E-state index in [0.717, 1.165) is 38.4 Å². The number of carbonyl (C=O) groups excluding carboxylic acids is 1. The van der Waals surface area contributed by atoms with E-state index in [-0.39, 0.29) is 17.6 Å². The fourth-order valence-electron chi connectivity index (χ4n) is 8.72. The molecule has 0 aliphatic heterocycles. The summed E-state index contributed by atoms with van der Waals surface area (Å²) in [5.74, 6) is 2.86. The predicted octanol–water partition coefficient (Wildman–Crippen LogP) is 4.59. The van der Waals surface area contributed by atoms with E-state index in [4.69, 9.17) is 0 Å². The minimum atomic E-state index is -0.264. The maximum Gasteiger partial charge on any atom is 0.120 e. The Hall–Kier alpha value is -0.410. The van der Waals surface area contributed by atoms with Gasteiger partial charge in [-0.1, -0.05) is 33.6 Å². The van der Waals surface area contributed by atoms with E-state index in [1.54, 1.807) is 0 Å². The van der Waals surface area contributed by atoms with Crippen LogP contribution in [0.5, 0.6) is 0 Å². The first-order chi connectivity index (χ1) is 12.8. The van der Waals surface area contributed by atoms with Crippen molar-refractivity contribution in [1.29, 1.82) is 0 Å². The molecule has 0 aromatic carbocycles. The zero-order valence-corrected chi connectivity index (χ0v) is 17.6. The maximum absolute atomic E-state index is 11.5. The molecule has 10 atom stereocenters. The Balaban J connectivity index is 1.64. The zero-order chi connectivity index (χ0) is 19.4. The molecule has 27 heavy (non-hydrogen) atoms. The van der Waals surface area contributed by atoms with Crippen molar-refractivity contribution in [3.05, 3.63) is 0 Å². The summed E-state index contributed by atoms with van der Waals surface area (Å²) in [6.45, 7) is 7.07. The summed E-state index contributed by atoms with van der Waals surface area (Å²) in [6.07, 6.45) is 11.4. The highest BCUT2D eigenvalue weighted by atomic mass is 16.3. The van der Waals surface area contributed by atoms with E-state index >= 15 is 0 Å². The van der Waals surface area contributed by atoms with Gasteiger partial charge in [-0.2, -0.15) is 0 Å². The Kier molecular flexibility index (Phi) is 5.25. The molecule has 0 spiro atoms. The van der Waals surface area contributed by atoms with Gasteiger partial charge in [0.2, 0.25) is 0 Å². The second kappa shape index (κ2) is 7.13. The standard InChI is InChI=1S/C24H40O3/c1-15(7-6-12-25)17-9-10-18-22-19(14-21(27)24(17,18)3)23(2)11-5-4-8-16(23)13-20(22)26/h12,15-22,26-27H,4-11,13-14H2,1-3H3/t15-,16+,17-,18?,19?,20-,21+,22?,23+,24-/m1/s1. The lowest BCUT2D eigenvalue weighted by molar-refractivity contribution is -0.201. The number of fused-ring (bicyclic) bond motifs is 5. The molecule has 2 N–H and O–H groups in total. The summed E-state index contributed by atoms with van der Waals surface area (Å²) in [4.78, 5) is 10.9. The third-order valence-corrected chi connectivity index (χ3v) is 10.2. The number of hydrogen-bond acceptors (Lipinski definition) is 3. The van der Waals surface area contributed by atoms with Crippen molar-refractivity contribution in [2.45, 2.75) is 97.2 Å². The summed E-state index contributed by atoms with van der Waals surface area (Å²) in [5.41, 5.74) is 0.216. The Morgan fingerprint density at radius 3 is 2.59 bits per heavy atom. The van der Waals surface area contributed by atoms with Gasteiger partial charge < -0.3 is 15.0 Å². The molecule has 3 unspecified atom stereocenters. The maximum atomic E-state index is 11.5. The highest BCUT2D eigenvalue weighted by molar-refractivity contribution is 5.49. The molecule has 4 aliphatic rings. The highest BCUT2D eigenvalue weighted by Gasteiger charge is 2.65. The van der Waals surface area contributed by atoms with Crippen molar-refractivity contribution in [2.24, 2.45) is 46.3 Å². The molecule has 154 valence electrons. The van der Waals surface area contributed by atoms with E-state index in [1.165, 1.54) is 25.7 Å². The van der Waals surface area contributed by atoms with E-state index < -0.39 is 0 Å². The largest absolute Gasteiger partial charge is 0.393 e. The third kappa shape index (κ3) is 2.86. The number of hydrogen-bond donors (Lipinski definition) is 2. The van der Waals surface area contributed by atoms with Crippen molar-refractivity contribution in [3.8, 4) is 0 Å². The molecule has 0 bridgehead atoms. The first-order valence-electron chi connectivity index (χ1n) is 11.6. The fourth-order valence-corrected chi connectivity index (χ4v) is 8.72. The average Bonchev–Trinajstić information content (AvgIpc) is 3.00. The lowest BCUT2D eigenvalue weighted by Gasteiger charge is -2.63. The van der Waals surface area contributed by atoms with Crippen LogP contribution in [0.15, 0.2) is 0 Å². The van der Waals surface area contributed by atoms with Gasteiger partial charge >= 0.3 is 0 Å². The Morgan fingerprint density at radius 2 is 1.85 bits per heavy atom. The Bertz CT molecular complexity index is 562. The van der Waals surface area contributed by atoms with Crippen LogP contribution in [0.25, 0.3) is 0 Å². The van der Waals surface area contributed by atoms with Crippen molar-refractivity contribution in [3.63, 3.8) is 0 Å². The molecule has 4 aliphatic carbocycles. The summed E-state index contributed by atoms with van der Waals surface area (Å²) < 4.78 is 0. The molecule has 0 saturated heterocycles. The minimum Gasteiger partial charge on any atom is -0.393 e. The number of aliphatic hydroxyl groups is 2. The topological polar surface area (TPSA) is 57.5 Å². The minimum absolute atomic E-state index is 0.0949. The van der Waals surface area contributed by atoms with Gasteiger partial charge in [0.15, 0.2) is 0 Å². The summed E-state index contributed by atoms with van der Waals surface area (Å²) >= 11 is 0. The molecule has 3 heteroatoms. The average molecular weight is 377 g/mol. The van der Waals surface area contributed by atoms with Crippen LogP contribution in [0, 0.1) is 46.3 Å². The van der Waals surface area contributed by atoms with Gasteiger partial charge in [0.25, 0.3) is 0 Å². The zero-order valence-electron chi connectivity index (χ0n) is 17.6. The first-order valence-corrected chi connectivity index (χ1v) is 11.6. The van der Waals surface area contributed by atoms with Crippen LogP contribution >= 0.6 is 0 Å². The lowest BCUT2D eigenvalue weighted by Crippen LogP contribution is -2.61. The molecule has 4 saturated carbocycles. The van der Waals surface area contributed by atoms with Gasteiger partial charge in [-0.05, 0) is 91.3 Å². The van der Waals surface area contributed by atoms with Crippen LogP contribution in [0.1, 0.15) is 85.0 Å². The fraction of sp³-hybridized carbons (Fsp3) is 0.958. The summed E-state index contributed by atoms with van der Waals surface area (Å²) in [7, 11) is 0. The number of aliphatic hydroxyl groups excluding tert-OH is 2. The van der Waals surface area contributed by atoms with Crippen LogP contribution in [0.3, 0.4) is 0 Å².